The molecule has 5 nitrogen and oxygen atoms in total. The van der Waals surface area contributed by atoms with Gasteiger partial charge >= 0.3 is 0 Å². The zero-order valence-corrected chi connectivity index (χ0v) is 33.4. The smallest absolute Gasteiger partial charge is 0.166 e. The highest BCUT2D eigenvalue weighted by Gasteiger charge is 2.25. The average Bonchev–Trinajstić information content (AvgIpc) is 4.00. The van der Waals surface area contributed by atoms with E-state index in [9.17, 15) is 0 Å². The minimum Gasteiger partial charge on any atom is -0.456 e. The van der Waals surface area contributed by atoms with E-state index >= 15 is 0 Å². The van der Waals surface area contributed by atoms with Crippen molar-refractivity contribution in [1.29, 1.82) is 0 Å². The lowest BCUT2D eigenvalue weighted by molar-refractivity contribution is 0.669. The number of rotatable bonds is 5. The van der Waals surface area contributed by atoms with Gasteiger partial charge in [-0.2, -0.15) is 0 Å². The van der Waals surface area contributed by atoms with E-state index in [4.69, 9.17) is 19.4 Å². The summed E-state index contributed by atoms with van der Waals surface area (Å²) in [5.41, 5.74) is 9.76. The molecule has 61 heavy (non-hydrogen) atoms. The first-order chi connectivity index (χ1) is 30.2. The van der Waals surface area contributed by atoms with Crippen LogP contribution < -0.4 is 0 Å². The normalized spacial score (nSPS) is 11.9. The summed E-state index contributed by atoms with van der Waals surface area (Å²) in [5, 5.41) is 9.17. The molecule has 0 aliphatic carbocycles. The summed E-state index contributed by atoms with van der Waals surface area (Å²) < 4.78 is 11.4. The molecule has 0 amide bonds. The lowest BCUT2D eigenvalue weighted by atomic mass is 10.0. The van der Waals surface area contributed by atoms with Crippen LogP contribution in [-0.2, 0) is 0 Å². The lowest BCUT2D eigenvalue weighted by Gasteiger charge is -2.16. The molecule has 13 aromatic rings. The van der Waals surface area contributed by atoms with Crippen LogP contribution in [0, 0.1) is 0 Å². The van der Waals surface area contributed by atoms with Crippen LogP contribution in [0.5, 0.6) is 0 Å². The van der Waals surface area contributed by atoms with Gasteiger partial charge in [0.15, 0.2) is 17.5 Å². The van der Waals surface area contributed by atoms with Crippen LogP contribution in [0.4, 0.5) is 0 Å². The van der Waals surface area contributed by atoms with E-state index < -0.39 is 0 Å². The maximum absolute atomic E-state index is 6.63. The molecule has 0 fully saturated rings. The Balaban J connectivity index is 1.16. The summed E-state index contributed by atoms with van der Waals surface area (Å²) in [6.45, 7) is 0. The molecule has 0 bridgehead atoms. The Morgan fingerprint density at radius 3 is 1.93 bits per heavy atom. The monoisotopic (exact) mass is 796 g/mol. The topological polar surface area (TPSA) is 56.7 Å². The van der Waals surface area contributed by atoms with Crippen LogP contribution in [0.25, 0.3) is 126 Å². The number of hydrogen-bond acceptors (Lipinski definition) is 5. The van der Waals surface area contributed by atoms with Gasteiger partial charge in [0.1, 0.15) is 11.2 Å². The van der Waals surface area contributed by atoms with Gasteiger partial charge in [-0.1, -0.05) is 140 Å². The molecule has 0 radical (unpaired) electrons. The summed E-state index contributed by atoms with van der Waals surface area (Å²) in [4.78, 5) is 16.3. The van der Waals surface area contributed by atoms with Crippen molar-refractivity contribution in [3.63, 3.8) is 0 Å². The Bertz CT molecular complexity index is 3900. The average molecular weight is 797 g/mol. The molecule has 9 aromatic carbocycles. The standard InChI is InChI=1S/C55H32N4OS/c1-2-14-33(15-3-1)34-18-12-19-37(30-34)53-56-54(58-55(57-53)43-24-13-23-40-39-21-8-11-27-49(39)61-52(40)43)42-28-29-48-50(41-22-7-10-26-47(41)60-48)51(42)59-45-25-9-6-20-38(45)44-31-35-16-4-5-17-36(35)32-46(44)59/h1-32H. The maximum Gasteiger partial charge on any atom is 0.166 e. The summed E-state index contributed by atoms with van der Waals surface area (Å²) in [5.74, 6) is 1.81. The van der Waals surface area contributed by atoms with E-state index in [1.165, 1.54) is 37.0 Å². The molecule has 0 saturated heterocycles. The van der Waals surface area contributed by atoms with Gasteiger partial charge in [0.25, 0.3) is 0 Å². The first-order valence-electron chi connectivity index (χ1n) is 20.4. The van der Waals surface area contributed by atoms with E-state index in [1.807, 2.05) is 18.2 Å². The molecule has 13 rings (SSSR count). The largest absolute Gasteiger partial charge is 0.456 e. The highest BCUT2D eigenvalue weighted by atomic mass is 32.1. The second kappa shape index (κ2) is 13.3. The van der Waals surface area contributed by atoms with Crippen molar-refractivity contribution in [1.82, 2.24) is 19.5 Å². The van der Waals surface area contributed by atoms with Crippen molar-refractivity contribution >= 4 is 86.0 Å². The van der Waals surface area contributed by atoms with Crippen molar-refractivity contribution < 1.29 is 4.42 Å². The lowest BCUT2D eigenvalue weighted by Crippen LogP contribution is -2.04. The predicted octanol–water partition coefficient (Wildman–Crippen LogP) is 15.1. The number of aromatic nitrogens is 4. The molecule has 0 atom stereocenters. The number of furan rings is 1. The minimum absolute atomic E-state index is 0.581. The predicted molar refractivity (Wildman–Crippen MR) is 254 cm³/mol. The number of benzene rings is 9. The second-order valence-corrected chi connectivity index (χ2v) is 16.6. The molecule has 0 unspecified atom stereocenters. The van der Waals surface area contributed by atoms with Gasteiger partial charge in [0.05, 0.1) is 22.1 Å². The number of para-hydroxylation sites is 2. The van der Waals surface area contributed by atoms with Gasteiger partial charge in [-0.3, -0.25) is 0 Å². The van der Waals surface area contributed by atoms with Crippen LogP contribution in [0.15, 0.2) is 199 Å². The maximum atomic E-state index is 6.63. The van der Waals surface area contributed by atoms with Crippen molar-refractivity contribution in [2.45, 2.75) is 0 Å². The number of fused-ring (bicyclic) bond motifs is 10. The van der Waals surface area contributed by atoms with Gasteiger partial charge in [-0.15, -0.1) is 11.3 Å². The molecule has 0 aliphatic rings. The SMILES string of the molecule is c1ccc(-c2cccc(-c3nc(-c4ccc5oc6ccccc6c5c4-n4c5ccccc5c5cc6ccccc6cc54)nc(-c4cccc5c4sc4ccccc45)n3)c2)cc1. The van der Waals surface area contributed by atoms with Crippen LogP contribution in [0.3, 0.4) is 0 Å². The fourth-order valence-corrected chi connectivity index (χ4v) is 10.5. The van der Waals surface area contributed by atoms with E-state index in [0.29, 0.717) is 17.5 Å². The fraction of sp³-hybridized carbons (Fsp3) is 0. The molecule has 284 valence electrons. The Labute approximate surface area is 353 Å². The molecule has 0 aliphatic heterocycles. The van der Waals surface area contributed by atoms with E-state index in [1.54, 1.807) is 11.3 Å². The number of thiophene rings is 1. The van der Waals surface area contributed by atoms with Gasteiger partial charge in [-0.25, -0.2) is 15.0 Å². The van der Waals surface area contributed by atoms with Crippen molar-refractivity contribution in [2.24, 2.45) is 0 Å². The van der Waals surface area contributed by atoms with Crippen molar-refractivity contribution in [2.75, 3.05) is 0 Å². The molecule has 4 heterocycles. The van der Waals surface area contributed by atoms with E-state index in [2.05, 4.69) is 180 Å². The molecule has 4 aromatic heterocycles. The van der Waals surface area contributed by atoms with E-state index in [0.717, 1.165) is 71.2 Å². The van der Waals surface area contributed by atoms with Crippen LogP contribution in [0.2, 0.25) is 0 Å². The third-order valence-electron chi connectivity index (χ3n) is 12.0. The van der Waals surface area contributed by atoms with Crippen LogP contribution in [-0.4, -0.2) is 19.5 Å². The van der Waals surface area contributed by atoms with Crippen molar-refractivity contribution in [3.8, 4) is 51.0 Å². The third kappa shape index (κ3) is 5.29. The minimum atomic E-state index is 0.581. The first-order valence-corrected chi connectivity index (χ1v) is 21.2. The van der Waals surface area contributed by atoms with Gasteiger partial charge in [0, 0.05) is 53.0 Å². The summed E-state index contributed by atoms with van der Waals surface area (Å²) in [7, 11) is 0. The van der Waals surface area contributed by atoms with Gasteiger partial charge < -0.3 is 8.98 Å². The zero-order valence-electron chi connectivity index (χ0n) is 32.6. The number of hydrogen-bond donors (Lipinski definition) is 0. The fourth-order valence-electron chi connectivity index (χ4n) is 9.25. The van der Waals surface area contributed by atoms with Crippen LogP contribution in [0.1, 0.15) is 0 Å². The summed E-state index contributed by atoms with van der Waals surface area (Å²) in [6, 6.07) is 68.4. The Morgan fingerprint density at radius 2 is 1.05 bits per heavy atom. The Morgan fingerprint density at radius 1 is 0.393 bits per heavy atom. The quantitative estimate of drug-likeness (QED) is 0.174. The Hall–Kier alpha value is -7.93. The van der Waals surface area contributed by atoms with Gasteiger partial charge in [-0.05, 0) is 76.5 Å². The molecule has 0 spiro atoms. The molecular formula is C55H32N4OS. The second-order valence-electron chi connectivity index (χ2n) is 15.5. The first kappa shape index (κ1) is 34.0. The third-order valence-corrected chi connectivity index (χ3v) is 13.2. The Kier molecular flexibility index (Phi) is 7.41. The molecule has 0 saturated carbocycles. The number of nitrogens with zero attached hydrogens (tertiary/aromatic N) is 4. The zero-order chi connectivity index (χ0) is 40.0. The molecule has 0 N–H and O–H groups in total. The highest BCUT2D eigenvalue weighted by Crippen LogP contribution is 2.45. The van der Waals surface area contributed by atoms with Crippen LogP contribution >= 0.6 is 11.3 Å². The van der Waals surface area contributed by atoms with Crippen molar-refractivity contribution in [3.05, 3.63) is 194 Å². The summed E-state index contributed by atoms with van der Waals surface area (Å²) in [6.07, 6.45) is 0. The highest BCUT2D eigenvalue weighted by molar-refractivity contribution is 7.26. The van der Waals surface area contributed by atoms with Gasteiger partial charge in [0.2, 0.25) is 0 Å². The molecule has 6 heteroatoms. The van der Waals surface area contributed by atoms with E-state index in [-0.39, 0.29) is 0 Å². The summed E-state index contributed by atoms with van der Waals surface area (Å²) >= 11 is 1.78. The molecular weight excluding hydrogens is 765 g/mol.